The number of carboxylic acids is 1. The molecule has 1 aliphatic rings. The Bertz CT molecular complexity index is 713. The molecule has 3 rings (SSSR count). The van der Waals surface area contributed by atoms with E-state index in [9.17, 15) is 9.90 Å². The normalized spacial score (nSPS) is 17.9. The van der Waals surface area contributed by atoms with E-state index in [1.807, 2.05) is 35.7 Å². The van der Waals surface area contributed by atoms with Crippen LogP contribution >= 0.6 is 23.1 Å². The molecule has 114 valence electrons. The second kappa shape index (κ2) is 6.14. The van der Waals surface area contributed by atoms with Crippen molar-refractivity contribution < 1.29 is 9.90 Å². The summed E-state index contributed by atoms with van der Waals surface area (Å²) in [5, 5.41) is 19.0. The maximum atomic E-state index is 11.5. The van der Waals surface area contributed by atoms with Gasteiger partial charge in [-0.2, -0.15) is 0 Å². The lowest BCUT2D eigenvalue weighted by molar-refractivity contribution is -0.138. The summed E-state index contributed by atoms with van der Waals surface area (Å²) in [5.41, 5.74) is 7.79. The van der Waals surface area contributed by atoms with Crippen LogP contribution in [-0.2, 0) is 17.6 Å². The van der Waals surface area contributed by atoms with Gasteiger partial charge in [0.25, 0.3) is 0 Å². The standard InChI is InChI=1S/C16H16N2O2S2/c17-15(18)14-8-10-4-3-9(7-13(10)22-14)6-11(16(19)20)12-2-1-5-21-12/h1-5,7,11,14H,6,8H2,(H3,17,18)(H,19,20). The van der Waals surface area contributed by atoms with Crippen molar-refractivity contribution in [2.45, 2.75) is 28.9 Å². The molecule has 2 unspecified atom stereocenters. The molecule has 0 aliphatic carbocycles. The number of amidine groups is 1. The lowest BCUT2D eigenvalue weighted by Crippen LogP contribution is -2.24. The number of carbonyl (C=O) groups is 1. The number of nitrogens with two attached hydrogens (primary N) is 1. The molecule has 6 heteroatoms. The first kappa shape index (κ1) is 15.1. The second-order valence-corrected chi connectivity index (χ2v) is 7.54. The number of benzene rings is 1. The molecule has 0 fully saturated rings. The van der Waals surface area contributed by atoms with Gasteiger partial charge in [0.1, 0.15) is 5.84 Å². The van der Waals surface area contributed by atoms with Crippen LogP contribution in [0.3, 0.4) is 0 Å². The van der Waals surface area contributed by atoms with Crippen molar-refractivity contribution in [2.75, 3.05) is 0 Å². The highest BCUT2D eigenvalue weighted by Gasteiger charge is 2.26. The minimum Gasteiger partial charge on any atom is -0.481 e. The van der Waals surface area contributed by atoms with Gasteiger partial charge in [-0.05, 0) is 41.5 Å². The summed E-state index contributed by atoms with van der Waals surface area (Å²) in [7, 11) is 0. The molecular weight excluding hydrogens is 316 g/mol. The molecule has 1 aromatic carbocycles. The van der Waals surface area contributed by atoms with Gasteiger partial charge in [0.2, 0.25) is 0 Å². The molecule has 0 bridgehead atoms. The zero-order valence-electron chi connectivity index (χ0n) is 11.8. The first-order valence-electron chi connectivity index (χ1n) is 6.93. The summed E-state index contributed by atoms with van der Waals surface area (Å²) in [6, 6.07) is 9.83. The fourth-order valence-corrected chi connectivity index (χ4v) is 4.65. The number of carboxylic acid groups (broad SMARTS) is 1. The Morgan fingerprint density at radius 3 is 2.91 bits per heavy atom. The summed E-state index contributed by atoms with van der Waals surface area (Å²) in [6.07, 6.45) is 1.26. The van der Waals surface area contributed by atoms with E-state index in [1.165, 1.54) is 16.9 Å². The summed E-state index contributed by atoms with van der Waals surface area (Å²) in [4.78, 5) is 13.5. The van der Waals surface area contributed by atoms with Crippen molar-refractivity contribution in [3.8, 4) is 0 Å². The minimum absolute atomic E-state index is 0.0119. The molecule has 1 aliphatic heterocycles. The topological polar surface area (TPSA) is 87.2 Å². The van der Waals surface area contributed by atoms with Crippen molar-refractivity contribution >= 4 is 34.9 Å². The Balaban J connectivity index is 1.81. The largest absolute Gasteiger partial charge is 0.481 e. The Labute approximate surface area is 136 Å². The predicted octanol–water partition coefficient (Wildman–Crippen LogP) is 3.11. The molecule has 4 nitrogen and oxygen atoms in total. The average molecular weight is 332 g/mol. The van der Waals surface area contributed by atoms with Crippen LogP contribution in [0.2, 0.25) is 0 Å². The first-order chi connectivity index (χ1) is 10.5. The molecule has 0 saturated carbocycles. The van der Waals surface area contributed by atoms with Crippen LogP contribution in [0.25, 0.3) is 0 Å². The van der Waals surface area contributed by atoms with Gasteiger partial charge in [-0.1, -0.05) is 18.2 Å². The number of thiophene rings is 1. The molecule has 2 heterocycles. The van der Waals surface area contributed by atoms with E-state index in [0.29, 0.717) is 6.42 Å². The molecule has 0 spiro atoms. The van der Waals surface area contributed by atoms with Crippen molar-refractivity contribution in [3.05, 3.63) is 51.7 Å². The van der Waals surface area contributed by atoms with Crippen LogP contribution in [0.1, 0.15) is 21.9 Å². The second-order valence-electron chi connectivity index (χ2n) is 5.32. The number of rotatable bonds is 5. The van der Waals surface area contributed by atoms with Gasteiger partial charge in [0.05, 0.1) is 11.2 Å². The number of hydrogen-bond acceptors (Lipinski definition) is 4. The summed E-state index contributed by atoms with van der Waals surface area (Å²) in [6.45, 7) is 0. The molecule has 2 aromatic rings. The molecule has 2 atom stereocenters. The van der Waals surface area contributed by atoms with Crippen LogP contribution in [-0.4, -0.2) is 22.2 Å². The summed E-state index contributed by atoms with van der Waals surface area (Å²) < 4.78 is 0. The van der Waals surface area contributed by atoms with E-state index in [0.717, 1.165) is 21.8 Å². The van der Waals surface area contributed by atoms with Gasteiger partial charge in [0, 0.05) is 9.77 Å². The first-order valence-corrected chi connectivity index (χ1v) is 8.69. The monoisotopic (exact) mass is 332 g/mol. The van der Waals surface area contributed by atoms with Crippen LogP contribution in [0.4, 0.5) is 0 Å². The van der Waals surface area contributed by atoms with E-state index in [4.69, 9.17) is 11.1 Å². The van der Waals surface area contributed by atoms with Crippen LogP contribution in [0.15, 0.2) is 40.6 Å². The third kappa shape index (κ3) is 3.03. The van der Waals surface area contributed by atoms with Gasteiger partial charge in [0.15, 0.2) is 0 Å². The average Bonchev–Trinajstić information content (AvgIpc) is 3.13. The zero-order valence-corrected chi connectivity index (χ0v) is 13.4. The third-order valence-electron chi connectivity index (χ3n) is 3.78. The molecule has 0 amide bonds. The fraction of sp³-hybridized carbons (Fsp3) is 0.250. The van der Waals surface area contributed by atoms with Gasteiger partial charge < -0.3 is 10.8 Å². The quantitative estimate of drug-likeness (QED) is 0.580. The Hall–Kier alpha value is -1.79. The van der Waals surface area contributed by atoms with E-state index >= 15 is 0 Å². The molecular formula is C16H16N2O2S2. The van der Waals surface area contributed by atoms with E-state index in [2.05, 4.69) is 0 Å². The van der Waals surface area contributed by atoms with Gasteiger partial charge >= 0.3 is 5.97 Å². The van der Waals surface area contributed by atoms with Crippen molar-refractivity contribution in [1.82, 2.24) is 0 Å². The molecule has 0 saturated heterocycles. The lowest BCUT2D eigenvalue weighted by atomic mass is 9.96. The smallest absolute Gasteiger partial charge is 0.312 e. The maximum absolute atomic E-state index is 11.5. The number of nitrogens with one attached hydrogen (secondary N) is 1. The van der Waals surface area contributed by atoms with E-state index < -0.39 is 11.9 Å². The molecule has 1 aromatic heterocycles. The number of thioether (sulfide) groups is 1. The molecule has 4 N–H and O–H groups in total. The number of fused-ring (bicyclic) bond motifs is 1. The highest BCUT2D eigenvalue weighted by Crippen LogP contribution is 2.38. The summed E-state index contributed by atoms with van der Waals surface area (Å²) >= 11 is 3.07. The van der Waals surface area contributed by atoms with Gasteiger partial charge in [-0.3, -0.25) is 10.2 Å². The Morgan fingerprint density at radius 2 is 2.27 bits per heavy atom. The van der Waals surface area contributed by atoms with Crippen molar-refractivity contribution in [3.63, 3.8) is 0 Å². The maximum Gasteiger partial charge on any atom is 0.312 e. The number of aliphatic carboxylic acids is 1. The third-order valence-corrected chi connectivity index (χ3v) is 6.10. The minimum atomic E-state index is -0.794. The van der Waals surface area contributed by atoms with Gasteiger partial charge in [-0.25, -0.2) is 0 Å². The van der Waals surface area contributed by atoms with Gasteiger partial charge in [-0.15, -0.1) is 23.1 Å². The van der Waals surface area contributed by atoms with E-state index in [1.54, 1.807) is 11.8 Å². The summed E-state index contributed by atoms with van der Waals surface area (Å²) in [5.74, 6) is -1.10. The highest BCUT2D eigenvalue weighted by molar-refractivity contribution is 8.01. The van der Waals surface area contributed by atoms with Crippen LogP contribution in [0.5, 0.6) is 0 Å². The Morgan fingerprint density at radius 1 is 1.45 bits per heavy atom. The SMILES string of the molecule is N=C(N)C1Cc2ccc(CC(C(=O)O)c3cccs3)cc2S1. The van der Waals surface area contributed by atoms with E-state index in [-0.39, 0.29) is 11.1 Å². The number of hydrogen-bond donors (Lipinski definition) is 3. The molecule has 22 heavy (non-hydrogen) atoms. The Kier molecular flexibility index (Phi) is 4.22. The predicted molar refractivity (Wildman–Crippen MR) is 90.1 cm³/mol. The zero-order chi connectivity index (χ0) is 15.7. The van der Waals surface area contributed by atoms with Crippen molar-refractivity contribution in [2.24, 2.45) is 5.73 Å². The fourth-order valence-electron chi connectivity index (χ4n) is 2.61. The van der Waals surface area contributed by atoms with Crippen LogP contribution < -0.4 is 5.73 Å². The van der Waals surface area contributed by atoms with Crippen molar-refractivity contribution in [1.29, 1.82) is 5.41 Å². The molecule has 0 radical (unpaired) electrons. The van der Waals surface area contributed by atoms with Crippen LogP contribution in [0, 0.1) is 5.41 Å². The lowest BCUT2D eigenvalue weighted by Gasteiger charge is -2.11. The highest BCUT2D eigenvalue weighted by atomic mass is 32.2.